The number of nitrogens with zero attached hydrogens (tertiary/aromatic N) is 1. The van der Waals surface area contributed by atoms with Gasteiger partial charge in [0.25, 0.3) is 0 Å². The number of hydrogen-bond acceptors (Lipinski definition) is 3. The number of carbonyl (C=O) groups excluding carboxylic acids is 1. The smallest absolute Gasteiger partial charge is 0.141 e. The highest BCUT2D eigenvalue weighted by molar-refractivity contribution is 5.63. The molecule has 0 aromatic carbocycles. The molecule has 1 heterocycles. The van der Waals surface area contributed by atoms with Crippen molar-refractivity contribution in [1.82, 2.24) is 5.01 Å². The fraction of sp³-hybridized carbons (Fsp3) is 0.833. The molecule has 0 saturated carbocycles. The third-order valence-corrected chi connectivity index (χ3v) is 1.99. The van der Waals surface area contributed by atoms with E-state index in [1.165, 1.54) is 0 Å². The van der Waals surface area contributed by atoms with Crippen LogP contribution in [0.4, 0.5) is 0 Å². The monoisotopic (exact) mass is 128 g/mol. The molecular formula is C6H12N2O. The molecule has 0 bridgehead atoms. The predicted molar refractivity (Wildman–Crippen MR) is 34.6 cm³/mol. The highest BCUT2D eigenvalue weighted by Gasteiger charge is 2.33. The van der Waals surface area contributed by atoms with Crippen LogP contribution in [0.25, 0.3) is 0 Å². The number of hydrogen-bond donors (Lipinski definition) is 1. The molecule has 1 atom stereocenters. The third kappa shape index (κ3) is 0.976. The lowest BCUT2D eigenvalue weighted by molar-refractivity contribution is -0.116. The SMILES string of the molecule is C[C@@]1(C=O)CCCN1N. The van der Waals surface area contributed by atoms with Crippen LogP contribution in [-0.2, 0) is 4.79 Å². The largest absolute Gasteiger partial charge is 0.301 e. The molecule has 1 aliphatic rings. The van der Waals surface area contributed by atoms with Gasteiger partial charge in [0.1, 0.15) is 6.29 Å². The van der Waals surface area contributed by atoms with Crippen LogP contribution in [0.2, 0.25) is 0 Å². The van der Waals surface area contributed by atoms with E-state index in [4.69, 9.17) is 5.84 Å². The van der Waals surface area contributed by atoms with Gasteiger partial charge in [-0.1, -0.05) is 0 Å². The second-order valence-corrected chi connectivity index (χ2v) is 2.77. The van der Waals surface area contributed by atoms with Crippen molar-refractivity contribution in [3.63, 3.8) is 0 Å². The molecule has 3 heteroatoms. The minimum absolute atomic E-state index is 0.375. The highest BCUT2D eigenvalue weighted by Crippen LogP contribution is 2.22. The average Bonchev–Trinajstić information content (AvgIpc) is 2.15. The van der Waals surface area contributed by atoms with Crippen LogP contribution >= 0.6 is 0 Å². The summed E-state index contributed by atoms with van der Waals surface area (Å²) in [6.07, 6.45) is 2.86. The fourth-order valence-electron chi connectivity index (χ4n) is 1.13. The number of rotatable bonds is 1. The van der Waals surface area contributed by atoms with Crippen LogP contribution in [0.5, 0.6) is 0 Å². The lowest BCUT2D eigenvalue weighted by atomic mass is 10.0. The van der Waals surface area contributed by atoms with Gasteiger partial charge in [-0.05, 0) is 19.8 Å². The lowest BCUT2D eigenvalue weighted by Gasteiger charge is -2.24. The first-order valence-corrected chi connectivity index (χ1v) is 3.18. The van der Waals surface area contributed by atoms with Crippen molar-refractivity contribution in [1.29, 1.82) is 0 Å². The first-order valence-electron chi connectivity index (χ1n) is 3.18. The minimum Gasteiger partial charge on any atom is -0.301 e. The molecule has 0 aromatic rings. The summed E-state index contributed by atoms with van der Waals surface area (Å²) >= 11 is 0. The normalized spacial score (nSPS) is 37.1. The summed E-state index contributed by atoms with van der Waals surface area (Å²) in [5.74, 6) is 5.53. The number of carbonyl (C=O) groups is 1. The van der Waals surface area contributed by atoms with E-state index in [1.807, 2.05) is 6.92 Å². The van der Waals surface area contributed by atoms with Gasteiger partial charge in [0.05, 0.1) is 5.54 Å². The molecule has 52 valence electrons. The predicted octanol–water partition coefficient (Wildman–Crippen LogP) is -0.0865. The molecule has 0 spiro atoms. The van der Waals surface area contributed by atoms with E-state index in [0.29, 0.717) is 0 Å². The van der Waals surface area contributed by atoms with Gasteiger partial charge in [-0.15, -0.1) is 0 Å². The van der Waals surface area contributed by atoms with E-state index in [0.717, 1.165) is 25.7 Å². The van der Waals surface area contributed by atoms with Gasteiger partial charge in [-0.25, -0.2) is 5.01 Å². The molecule has 0 unspecified atom stereocenters. The van der Waals surface area contributed by atoms with Crippen molar-refractivity contribution >= 4 is 6.29 Å². The Morgan fingerprint density at radius 1 is 1.78 bits per heavy atom. The molecule has 0 amide bonds. The standard InChI is InChI=1S/C6H12N2O/c1-6(5-9)3-2-4-8(6)7/h5H,2-4,7H2,1H3/t6-/m0/s1. The van der Waals surface area contributed by atoms with Crippen LogP contribution in [0, 0.1) is 0 Å². The molecule has 0 aliphatic carbocycles. The molecule has 0 radical (unpaired) electrons. The van der Waals surface area contributed by atoms with Gasteiger partial charge >= 0.3 is 0 Å². The van der Waals surface area contributed by atoms with E-state index < -0.39 is 0 Å². The number of nitrogens with two attached hydrogens (primary N) is 1. The Bertz CT molecular complexity index is 126. The van der Waals surface area contributed by atoms with Crippen LogP contribution < -0.4 is 5.84 Å². The van der Waals surface area contributed by atoms with E-state index in [2.05, 4.69) is 0 Å². The van der Waals surface area contributed by atoms with Crippen molar-refractivity contribution in [2.24, 2.45) is 5.84 Å². The zero-order valence-electron chi connectivity index (χ0n) is 5.63. The Balaban J connectivity index is 2.66. The molecule has 1 aliphatic heterocycles. The maximum atomic E-state index is 10.4. The van der Waals surface area contributed by atoms with Crippen LogP contribution in [-0.4, -0.2) is 23.4 Å². The zero-order chi connectivity index (χ0) is 6.91. The van der Waals surface area contributed by atoms with Crippen molar-refractivity contribution in [2.45, 2.75) is 25.3 Å². The molecule has 9 heavy (non-hydrogen) atoms. The highest BCUT2D eigenvalue weighted by atomic mass is 16.1. The number of aldehydes is 1. The van der Waals surface area contributed by atoms with Crippen molar-refractivity contribution in [2.75, 3.05) is 6.54 Å². The summed E-state index contributed by atoms with van der Waals surface area (Å²) in [7, 11) is 0. The zero-order valence-corrected chi connectivity index (χ0v) is 5.63. The maximum absolute atomic E-state index is 10.4. The molecule has 3 nitrogen and oxygen atoms in total. The Labute approximate surface area is 54.8 Å². The Hall–Kier alpha value is -0.410. The molecule has 1 rings (SSSR count). The summed E-state index contributed by atoms with van der Waals surface area (Å²) in [6.45, 7) is 2.71. The minimum atomic E-state index is -0.375. The molecule has 2 N–H and O–H groups in total. The molecular weight excluding hydrogens is 116 g/mol. The summed E-state index contributed by atoms with van der Waals surface area (Å²) < 4.78 is 0. The van der Waals surface area contributed by atoms with E-state index in [1.54, 1.807) is 5.01 Å². The maximum Gasteiger partial charge on any atom is 0.141 e. The molecule has 1 saturated heterocycles. The first kappa shape index (κ1) is 6.71. The topological polar surface area (TPSA) is 46.3 Å². The van der Waals surface area contributed by atoms with Gasteiger partial charge in [0.15, 0.2) is 0 Å². The van der Waals surface area contributed by atoms with E-state index in [9.17, 15) is 4.79 Å². The van der Waals surface area contributed by atoms with Gasteiger partial charge in [0.2, 0.25) is 0 Å². The fourth-order valence-corrected chi connectivity index (χ4v) is 1.13. The van der Waals surface area contributed by atoms with Gasteiger partial charge < -0.3 is 4.79 Å². The molecule has 1 fully saturated rings. The van der Waals surface area contributed by atoms with E-state index in [-0.39, 0.29) is 5.54 Å². The van der Waals surface area contributed by atoms with Crippen LogP contribution in [0.3, 0.4) is 0 Å². The first-order chi connectivity index (χ1) is 4.19. The quantitative estimate of drug-likeness (QED) is 0.396. The van der Waals surface area contributed by atoms with Crippen LogP contribution in [0.1, 0.15) is 19.8 Å². The second-order valence-electron chi connectivity index (χ2n) is 2.77. The second kappa shape index (κ2) is 2.08. The third-order valence-electron chi connectivity index (χ3n) is 1.99. The van der Waals surface area contributed by atoms with Crippen molar-refractivity contribution in [3.8, 4) is 0 Å². The van der Waals surface area contributed by atoms with Gasteiger partial charge in [-0.2, -0.15) is 0 Å². The van der Waals surface area contributed by atoms with Gasteiger partial charge in [0, 0.05) is 6.54 Å². The summed E-state index contributed by atoms with van der Waals surface area (Å²) in [4.78, 5) is 10.4. The Morgan fingerprint density at radius 3 is 2.67 bits per heavy atom. The number of hydrazine groups is 1. The summed E-state index contributed by atoms with van der Waals surface area (Å²) in [6, 6.07) is 0. The van der Waals surface area contributed by atoms with Crippen molar-refractivity contribution in [3.05, 3.63) is 0 Å². The summed E-state index contributed by atoms with van der Waals surface area (Å²) in [5, 5.41) is 1.61. The summed E-state index contributed by atoms with van der Waals surface area (Å²) in [5.41, 5.74) is -0.375. The van der Waals surface area contributed by atoms with Crippen molar-refractivity contribution < 1.29 is 4.79 Å². The van der Waals surface area contributed by atoms with Crippen LogP contribution in [0.15, 0.2) is 0 Å². The Morgan fingerprint density at radius 2 is 2.44 bits per heavy atom. The lowest BCUT2D eigenvalue weighted by Crippen LogP contribution is -2.46. The Kier molecular flexibility index (Phi) is 1.55. The molecule has 0 aromatic heterocycles. The van der Waals surface area contributed by atoms with E-state index >= 15 is 0 Å². The average molecular weight is 128 g/mol. The van der Waals surface area contributed by atoms with Gasteiger partial charge in [-0.3, -0.25) is 5.84 Å².